The zero-order valence-corrected chi connectivity index (χ0v) is 9.72. The Labute approximate surface area is 82.8 Å². The number of hydrogen-bond acceptors (Lipinski definition) is 1. The van der Waals surface area contributed by atoms with Crippen LogP contribution in [0.4, 0.5) is 0 Å². The van der Waals surface area contributed by atoms with E-state index in [1.54, 1.807) is 5.57 Å². The average molecular weight is 181 g/mol. The van der Waals surface area contributed by atoms with Gasteiger partial charge in [-0.05, 0) is 25.3 Å². The summed E-state index contributed by atoms with van der Waals surface area (Å²) >= 11 is 0. The quantitative estimate of drug-likeness (QED) is 0.562. The summed E-state index contributed by atoms with van der Waals surface area (Å²) in [6.07, 6.45) is 3.67. The first kappa shape index (κ1) is 10.8. The van der Waals surface area contributed by atoms with Crippen molar-refractivity contribution in [3.8, 4) is 0 Å². The number of hydrogen-bond donors (Lipinski definition) is 0. The van der Waals surface area contributed by atoms with Crippen LogP contribution in [0.5, 0.6) is 0 Å². The fourth-order valence-corrected chi connectivity index (χ4v) is 2.31. The van der Waals surface area contributed by atoms with Crippen molar-refractivity contribution in [1.82, 2.24) is 4.90 Å². The summed E-state index contributed by atoms with van der Waals surface area (Å²) in [6.45, 7) is 13.9. The van der Waals surface area contributed by atoms with E-state index in [1.165, 1.54) is 19.5 Å². The highest BCUT2D eigenvalue weighted by molar-refractivity contribution is 5.19. The summed E-state index contributed by atoms with van der Waals surface area (Å²) in [6, 6.07) is 0.638. The van der Waals surface area contributed by atoms with Crippen molar-refractivity contribution >= 4 is 0 Å². The summed E-state index contributed by atoms with van der Waals surface area (Å²) in [4.78, 5) is 2.56. The molecule has 76 valence electrons. The lowest BCUT2D eigenvalue weighted by atomic mass is 9.80. The van der Waals surface area contributed by atoms with E-state index in [0.717, 1.165) is 0 Å². The van der Waals surface area contributed by atoms with Crippen LogP contribution in [0.15, 0.2) is 11.6 Å². The van der Waals surface area contributed by atoms with Crippen LogP contribution in [0.3, 0.4) is 0 Å². The van der Waals surface area contributed by atoms with Crippen molar-refractivity contribution in [1.29, 1.82) is 0 Å². The first-order valence-electron chi connectivity index (χ1n) is 5.41. The lowest BCUT2D eigenvalue weighted by Crippen LogP contribution is -2.41. The fraction of sp³-hybridized carbons (Fsp3) is 0.833. The van der Waals surface area contributed by atoms with E-state index < -0.39 is 0 Å². The maximum absolute atomic E-state index is 2.56. The monoisotopic (exact) mass is 181 g/mol. The van der Waals surface area contributed by atoms with E-state index in [1.807, 2.05) is 0 Å². The highest BCUT2D eigenvalue weighted by Crippen LogP contribution is 2.32. The van der Waals surface area contributed by atoms with Crippen LogP contribution in [0.2, 0.25) is 0 Å². The third kappa shape index (κ3) is 2.34. The minimum absolute atomic E-state index is 0.341. The molecule has 0 aliphatic carbocycles. The molecule has 0 spiro atoms. The molecular formula is C12H23N. The van der Waals surface area contributed by atoms with E-state index >= 15 is 0 Å². The molecule has 1 heteroatoms. The van der Waals surface area contributed by atoms with Gasteiger partial charge in [0.2, 0.25) is 0 Å². The third-order valence-corrected chi connectivity index (χ3v) is 3.05. The minimum Gasteiger partial charge on any atom is -0.297 e. The molecule has 0 aromatic carbocycles. The molecule has 0 amide bonds. The van der Waals surface area contributed by atoms with Gasteiger partial charge >= 0.3 is 0 Å². The topological polar surface area (TPSA) is 3.24 Å². The maximum Gasteiger partial charge on any atom is 0.0284 e. The first-order valence-corrected chi connectivity index (χ1v) is 5.41. The summed E-state index contributed by atoms with van der Waals surface area (Å²) in [5.41, 5.74) is 1.95. The summed E-state index contributed by atoms with van der Waals surface area (Å²) in [5, 5.41) is 0. The molecule has 1 atom stereocenters. The van der Waals surface area contributed by atoms with E-state index in [2.05, 4.69) is 45.6 Å². The Hall–Kier alpha value is -0.300. The molecule has 1 aliphatic rings. The molecule has 0 aromatic heterocycles. The van der Waals surface area contributed by atoms with Crippen molar-refractivity contribution in [2.45, 2.75) is 47.1 Å². The Kier molecular flexibility index (Phi) is 3.18. The highest BCUT2D eigenvalue weighted by atomic mass is 15.1. The van der Waals surface area contributed by atoms with E-state index in [0.29, 0.717) is 11.5 Å². The van der Waals surface area contributed by atoms with Gasteiger partial charge in [-0.15, -0.1) is 0 Å². The molecule has 0 saturated carbocycles. The average Bonchev–Trinajstić information content (AvgIpc) is 2.02. The van der Waals surface area contributed by atoms with Crippen LogP contribution in [0.1, 0.15) is 41.0 Å². The zero-order chi connectivity index (χ0) is 10.1. The van der Waals surface area contributed by atoms with Gasteiger partial charge in [-0.2, -0.15) is 0 Å². The molecule has 0 saturated heterocycles. The van der Waals surface area contributed by atoms with Crippen molar-refractivity contribution in [2.24, 2.45) is 5.41 Å². The van der Waals surface area contributed by atoms with Gasteiger partial charge in [-0.25, -0.2) is 0 Å². The number of likely N-dealkylation sites (N-methyl/N-ethyl adjacent to an activating group) is 1. The molecule has 1 nitrogen and oxygen atoms in total. The van der Waals surface area contributed by atoms with Crippen molar-refractivity contribution in [3.63, 3.8) is 0 Å². The van der Waals surface area contributed by atoms with Crippen LogP contribution < -0.4 is 0 Å². The van der Waals surface area contributed by atoms with Crippen molar-refractivity contribution < 1.29 is 0 Å². The predicted octanol–water partition coefficient (Wildman–Crippen LogP) is 3.07. The van der Waals surface area contributed by atoms with Crippen LogP contribution in [0.25, 0.3) is 0 Å². The maximum atomic E-state index is 2.56. The van der Waals surface area contributed by atoms with E-state index in [4.69, 9.17) is 0 Å². The highest BCUT2D eigenvalue weighted by Gasteiger charge is 2.27. The van der Waals surface area contributed by atoms with E-state index in [9.17, 15) is 0 Å². The second kappa shape index (κ2) is 3.83. The first-order chi connectivity index (χ1) is 5.96. The molecule has 0 radical (unpaired) electrons. The molecule has 1 rings (SSSR count). The number of nitrogens with zero attached hydrogens (tertiary/aromatic N) is 1. The predicted molar refractivity (Wildman–Crippen MR) is 58.9 cm³/mol. The minimum atomic E-state index is 0.341. The van der Waals surface area contributed by atoms with Gasteiger partial charge in [0.15, 0.2) is 0 Å². The lowest BCUT2D eigenvalue weighted by Gasteiger charge is -2.39. The molecule has 13 heavy (non-hydrogen) atoms. The Balaban J connectivity index is 2.80. The molecule has 0 bridgehead atoms. The van der Waals surface area contributed by atoms with Gasteiger partial charge in [-0.3, -0.25) is 4.90 Å². The van der Waals surface area contributed by atoms with Crippen LogP contribution in [-0.4, -0.2) is 24.0 Å². The Morgan fingerprint density at radius 3 is 2.54 bits per heavy atom. The Morgan fingerprint density at radius 2 is 2.08 bits per heavy atom. The van der Waals surface area contributed by atoms with Gasteiger partial charge in [0.1, 0.15) is 0 Å². The molecule has 0 fully saturated rings. The van der Waals surface area contributed by atoms with Gasteiger partial charge < -0.3 is 0 Å². The Morgan fingerprint density at radius 1 is 1.46 bits per heavy atom. The second-order valence-corrected chi connectivity index (χ2v) is 5.00. The SMILES string of the molecule is CCN1CCC=C(C(C)(C)C)[C@H]1C. The van der Waals surface area contributed by atoms with Gasteiger partial charge in [0, 0.05) is 12.6 Å². The number of rotatable bonds is 1. The zero-order valence-electron chi connectivity index (χ0n) is 9.72. The normalized spacial score (nSPS) is 25.9. The van der Waals surface area contributed by atoms with Crippen LogP contribution in [0, 0.1) is 5.41 Å². The summed E-state index contributed by atoms with van der Waals surface area (Å²) in [5.74, 6) is 0. The molecule has 1 aliphatic heterocycles. The van der Waals surface area contributed by atoms with Gasteiger partial charge in [0.25, 0.3) is 0 Å². The molecule has 0 aromatic rings. The lowest BCUT2D eigenvalue weighted by molar-refractivity contribution is 0.212. The molecule has 0 unspecified atom stereocenters. The van der Waals surface area contributed by atoms with Crippen molar-refractivity contribution in [3.05, 3.63) is 11.6 Å². The van der Waals surface area contributed by atoms with Crippen LogP contribution >= 0.6 is 0 Å². The second-order valence-electron chi connectivity index (χ2n) is 5.00. The van der Waals surface area contributed by atoms with Gasteiger partial charge in [-0.1, -0.05) is 39.3 Å². The van der Waals surface area contributed by atoms with Crippen LogP contribution in [-0.2, 0) is 0 Å². The largest absolute Gasteiger partial charge is 0.297 e. The summed E-state index contributed by atoms with van der Waals surface area (Å²) in [7, 11) is 0. The Bertz CT molecular complexity index is 198. The molecule has 1 heterocycles. The van der Waals surface area contributed by atoms with E-state index in [-0.39, 0.29) is 0 Å². The molecule has 0 N–H and O–H groups in total. The van der Waals surface area contributed by atoms with Crippen molar-refractivity contribution in [2.75, 3.05) is 13.1 Å². The molecular weight excluding hydrogens is 158 g/mol. The summed E-state index contributed by atoms with van der Waals surface area (Å²) < 4.78 is 0. The fourth-order valence-electron chi connectivity index (χ4n) is 2.31. The smallest absolute Gasteiger partial charge is 0.0284 e. The standard InChI is InChI=1S/C12H23N/c1-6-13-9-7-8-11(10(13)2)12(3,4)5/h8,10H,6-7,9H2,1-5H3/t10-/m1/s1. The third-order valence-electron chi connectivity index (χ3n) is 3.05. The van der Waals surface area contributed by atoms with Gasteiger partial charge in [0.05, 0.1) is 0 Å².